The summed E-state index contributed by atoms with van der Waals surface area (Å²) in [5, 5.41) is 4.08. The molecule has 0 spiro atoms. The Morgan fingerprint density at radius 2 is 1.00 bits per heavy atom. The second kappa shape index (κ2) is 6.81. The van der Waals surface area contributed by atoms with Crippen LogP contribution in [0, 0.1) is 0 Å². The van der Waals surface area contributed by atoms with Crippen LogP contribution in [0.2, 0.25) is 0 Å². The maximum atomic E-state index is 2.04. The van der Waals surface area contributed by atoms with Gasteiger partial charge >= 0.3 is 0 Å². The summed E-state index contributed by atoms with van der Waals surface area (Å²) >= 11 is 1.68. The third-order valence-electron chi connectivity index (χ3n) is 0.870. The van der Waals surface area contributed by atoms with E-state index in [1.54, 1.807) is 11.3 Å². The quantitative estimate of drug-likeness (QED) is 0.554. The first kappa shape index (κ1) is 9.70. The van der Waals surface area contributed by atoms with Crippen LogP contribution in [0.15, 0.2) is 47.2 Å². The summed E-state index contributed by atoms with van der Waals surface area (Å²) < 4.78 is 0. The monoisotopic (exact) mass is 192 g/mol. The van der Waals surface area contributed by atoms with Crippen molar-refractivity contribution < 1.29 is 17.1 Å². The van der Waals surface area contributed by atoms with Crippen LogP contribution in [0.5, 0.6) is 0 Å². The maximum absolute atomic E-state index is 2.04. The van der Waals surface area contributed by atoms with Crippen molar-refractivity contribution >= 4 is 11.3 Å². The van der Waals surface area contributed by atoms with Gasteiger partial charge in [-0.2, -0.15) is 11.3 Å². The Bertz CT molecular complexity index is 131. The Morgan fingerprint density at radius 1 is 0.600 bits per heavy atom. The predicted molar refractivity (Wildman–Crippen MR) is 41.9 cm³/mol. The summed E-state index contributed by atoms with van der Waals surface area (Å²) in [5.74, 6) is 0. The van der Waals surface area contributed by atoms with Crippen molar-refractivity contribution in [3.8, 4) is 0 Å². The Balaban J connectivity index is 0.000000810. The van der Waals surface area contributed by atoms with Gasteiger partial charge in [-0.1, -0.05) is 36.4 Å². The molecule has 1 rings (SSSR count). The first-order chi connectivity index (χ1) is 4.50. The van der Waals surface area contributed by atoms with Gasteiger partial charge < -0.3 is 0 Å². The Labute approximate surface area is 75.7 Å². The molecule has 0 saturated carbocycles. The van der Waals surface area contributed by atoms with Gasteiger partial charge in [-0.25, -0.2) is 0 Å². The minimum Gasteiger partial charge on any atom is -0.152 e. The van der Waals surface area contributed by atoms with Crippen LogP contribution in [-0.2, 0) is 17.1 Å². The first-order valence-corrected chi connectivity index (χ1v) is 3.75. The molecule has 0 fully saturated rings. The van der Waals surface area contributed by atoms with Crippen LogP contribution in [0.1, 0.15) is 0 Å². The fraction of sp³-hybridized carbons (Fsp3) is 0. The normalized spacial score (nSPS) is 7.20. The zero-order valence-electron chi connectivity index (χ0n) is 5.38. The van der Waals surface area contributed by atoms with Gasteiger partial charge in [0.1, 0.15) is 0 Å². The van der Waals surface area contributed by atoms with Crippen LogP contribution in [0.3, 0.4) is 0 Å². The Morgan fingerprint density at radius 3 is 1.50 bits per heavy atom. The van der Waals surface area contributed by atoms with Crippen LogP contribution in [0.4, 0.5) is 0 Å². The first-order valence-electron chi connectivity index (χ1n) is 2.80. The maximum Gasteiger partial charge on any atom is 0 e. The second-order valence-corrected chi connectivity index (χ2v) is 2.38. The molecule has 0 aliphatic rings. The predicted octanol–water partition coefficient (Wildman–Crippen LogP) is 2.87. The topological polar surface area (TPSA) is 0 Å². The third-order valence-corrected chi connectivity index (χ3v) is 1.50. The number of hydrogen-bond donors (Lipinski definition) is 0. The van der Waals surface area contributed by atoms with Crippen LogP contribution in [-0.4, -0.2) is 0 Å². The van der Waals surface area contributed by atoms with Gasteiger partial charge in [-0.3, -0.25) is 0 Å². The summed E-state index contributed by atoms with van der Waals surface area (Å²) in [7, 11) is 0. The molecule has 0 N–H and O–H groups in total. The molecular weight excluding hydrogens is 184 g/mol. The van der Waals surface area contributed by atoms with E-state index >= 15 is 0 Å². The minimum atomic E-state index is 0. The van der Waals surface area contributed by atoms with Gasteiger partial charge in [0.2, 0.25) is 0 Å². The molecule has 0 unspecified atom stereocenters. The molecular formula is C8H8FeS. The smallest absolute Gasteiger partial charge is 0 e. The van der Waals surface area contributed by atoms with Crippen LogP contribution in [0.25, 0.3) is 0 Å². The fourth-order valence-corrected chi connectivity index (χ4v) is 0.937. The van der Waals surface area contributed by atoms with E-state index in [9.17, 15) is 0 Å². The Hall–Kier alpha value is -0.301. The molecule has 1 heterocycles. The van der Waals surface area contributed by atoms with Crippen molar-refractivity contribution in [3.05, 3.63) is 47.2 Å². The van der Waals surface area contributed by atoms with Gasteiger partial charge in [0, 0.05) is 17.1 Å². The van der Waals surface area contributed by atoms with Crippen molar-refractivity contribution in [2.45, 2.75) is 0 Å². The van der Waals surface area contributed by atoms with E-state index in [0.29, 0.717) is 0 Å². The largest absolute Gasteiger partial charge is 0.152 e. The van der Waals surface area contributed by atoms with Gasteiger partial charge in [0.25, 0.3) is 0 Å². The van der Waals surface area contributed by atoms with Gasteiger partial charge in [-0.15, -0.1) is 0 Å². The standard InChI is InChI=1S/C8H8S.Fe/c1-2-4-6-8-9-7-5-3-1;/h1-8H;. The summed E-state index contributed by atoms with van der Waals surface area (Å²) in [6, 6.07) is 12.1. The molecule has 0 radical (unpaired) electrons. The van der Waals surface area contributed by atoms with E-state index in [1.165, 1.54) is 0 Å². The van der Waals surface area contributed by atoms with Crippen LogP contribution >= 0.6 is 11.3 Å². The van der Waals surface area contributed by atoms with E-state index in [-0.39, 0.29) is 17.1 Å². The zero-order chi connectivity index (χ0) is 6.36. The van der Waals surface area contributed by atoms with E-state index in [4.69, 9.17) is 0 Å². The van der Waals surface area contributed by atoms with E-state index < -0.39 is 0 Å². The molecule has 2 heteroatoms. The molecule has 0 atom stereocenters. The van der Waals surface area contributed by atoms with Crippen LogP contribution < -0.4 is 0 Å². The molecule has 0 amide bonds. The molecule has 0 aliphatic heterocycles. The molecule has 0 saturated heterocycles. The van der Waals surface area contributed by atoms with Gasteiger partial charge in [0.05, 0.1) is 0 Å². The second-order valence-electron chi connectivity index (χ2n) is 1.56. The molecule has 1 aromatic heterocycles. The van der Waals surface area contributed by atoms with Crippen molar-refractivity contribution in [1.29, 1.82) is 0 Å². The molecule has 10 heavy (non-hydrogen) atoms. The Kier molecular flexibility index (Phi) is 6.61. The summed E-state index contributed by atoms with van der Waals surface area (Å²) in [6.07, 6.45) is 0. The number of hydrogen-bond acceptors (Lipinski definition) is 1. The summed E-state index contributed by atoms with van der Waals surface area (Å²) in [4.78, 5) is 0. The SMILES string of the molecule is [Fe].c1ccccsccc1. The van der Waals surface area contributed by atoms with Gasteiger partial charge in [0.15, 0.2) is 0 Å². The average molecular weight is 192 g/mol. The van der Waals surface area contributed by atoms with E-state index in [2.05, 4.69) is 0 Å². The van der Waals surface area contributed by atoms with E-state index in [0.717, 1.165) is 0 Å². The summed E-state index contributed by atoms with van der Waals surface area (Å²) in [6.45, 7) is 0. The minimum absolute atomic E-state index is 0. The van der Waals surface area contributed by atoms with Crippen molar-refractivity contribution in [1.82, 2.24) is 0 Å². The molecule has 0 nitrogen and oxygen atoms in total. The van der Waals surface area contributed by atoms with E-state index in [1.807, 2.05) is 47.2 Å². The van der Waals surface area contributed by atoms with Crippen molar-refractivity contribution in [2.75, 3.05) is 0 Å². The zero-order valence-corrected chi connectivity index (χ0v) is 7.30. The third kappa shape index (κ3) is 4.57. The molecule has 0 aliphatic carbocycles. The molecule has 54 valence electrons. The van der Waals surface area contributed by atoms with Crippen molar-refractivity contribution in [3.63, 3.8) is 0 Å². The molecule has 0 bridgehead atoms. The van der Waals surface area contributed by atoms with Crippen molar-refractivity contribution in [2.24, 2.45) is 0 Å². The average Bonchev–Trinajstić information content (AvgIpc) is 2.00. The fourth-order valence-electron chi connectivity index (χ4n) is 0.483. The summed E-state index contributed by atoms with van der Waals surface area (Å²) in [5.41, 5.74) is 0. The molecule has 1 aromatic rings. The number of rotatable bonds is 0. The molecule has 0 aromatic carbocycles. The van der Waals surface area contributed by atoms with Gasteiger partial charge in [-0.05, 0) is 10.8 Å².